The zero-order valence-corrected chi connectivity index (χ0v) is 12.6. The van der Waals surface area contributed by atoms with Crippen molar-refractivity contribution in [2.24, 2.45) is 11.7 Å². The van der Waals surface area contributed by atoms with Gasteiger partial charge in [0.2, 0.25) is 5.91 Å². The number of rotatable bonds is 2. The van der Waals surface area contributed by atoms with Gasteiger partial charge in [0.15, 0.2) is 0 Å². The first-order chi connectivity index (χ1) is 9.79. The number of benzene rings is 1. The Balaban J connectivity index is 1.72. The highest BCUT2D eigenvalue weighted by atomic mass is 32.2. The number of thioether (sulfide) groups is 1. The van der Waals surface area contributed by atoms with Gasteiger partial charge in [0.05, 0.1) is 0 Å². The van der Waals surface area contributed by atoms with Crippen molar-refractivity contribution in [1.82, 2.24) is 4.90 Å². The van der Waals surface area contributed by atoms with Crippen LogP contribution in [0.15, 0.2) is 24.3 Å². The SMILES string of the molecule is NCC1CCN(C(=O)C2SCCc3ccccc32)CC1. The summed E-state index contributed by atoms with van der Waals surface area (Å²) in [5.41, 5.74) is 8.30. The minimum absolute atomic E-state index is 0.00868. The molecule has 0 aromatic heterocycles. The molecule has 3 rings (SSSR count). The molecular weight excluding hydrogens is 268 g/mol. The van der Waals surface area contributed by atoms with Gasteiger partial charge >= 0.3 is 0 Å². The average molecular weight is 290 g/mol. The molecule has 108 valence electrons. The standard InChI is InChI=1S/C16H22N2OS/c17-11-12-5-8-18(9-6-12)16(19)15-14-4-2-1-3-13(14)7-10-20-15/h1-4,12,15H,5-11,17H2. The van der Waals surface area contributed by atoms with Crippen LogP contribution >= 0.6 is 11.8 Å². The summed E-state index contributed by atoms with van der Waals surface area (Å²) in [5.74, 6) is 1.95. The van der Waals surface area contributed by atoms with Gasteiger partial charge < -0.3 is 10.6 Å². The van der Waals surface area contributed by atoms with Crippen LogP contribution < -0.4 is 5.73 Å². The third-order valence-corrected chi connectivity index (χ3v) is 5.71. The molecule has 2 aliphatic heterocycles. The lowest BCUT2D eigenvalue weighted by Gasteiger charge is -2.35. The Morgan fingerprint density at radius 1 is 1.30 bits per heavy atom. The second kappa shape index (κ2) is 6.19. The van der Waals surface area contributed by atoms with E-state index in [1.807, 2.05) is 11.0 Å². The second-order valence-corrected chi connectivity index (χ2v) is 6.92. The van der Waals surface area contributed by atoms with Crippen LogP contribution in [0.4, 0.5) is 0 Å². The van der Waals surface area contributed by atoms with Gasteiger partial charge in [0.25, 0.3) is 0 Å². The van der Waals surface area contributed by atoms with E-state index in [-0.39, 0.29) is 5.25 Å². The van der Waals surface area contributed by atoms with E-state index in [0.29, 0.717) is 11.8 Å². The van der Waals surface area contributed by atoms with Gasteiger partial charge in [0.1, 0.15) is 5.25 Å². The molecule has 20 heavy (non-hydrogen) atoms. The molecule has 2 heterocycles. The first-order valence-corrected chi connectivity index (χ1v) is 8.52. The summed E-state index contributed by atoms with van der Waals surface area (Å²) in [4.78, 5) is 14.8. The molecular formula is C16H22N2OS. The molecule has 1 saturated heterocycles. The molecule has 0 bridgehead atoms. The van der Waals surface area contributed by atoms with Gasteiger partial charge in [-0.05, 0) is 48.6 Å². The van der Waals surface area contributed by atoms with Crippen LogP contribution in [-0.2, 0) is 11.2 Å². The Bertz CT molecular complexity index is 483. The van der Waals surface area contributed by atoms with Gasteiger partial charge in [0, 0.05) is 13.1 Å². The monoisotopic (exact) mass is 290 g/mol. The number of likely N-dealkylation sites (tertiary alicyclic amines) is 1. The second-order valence-electron chi connectivity index (χ2n) is 5.70. The van der Waals surface area contributed by atoms with E-state index in [1.165, 1.54) is 11.1 Å². The smallest absolute Gasteiger partial charge is 0.240 e. The van der Waals surface area contributed by atoms with Crippen molar-refractivity contribution in [2.45, 2.75) is 24.5 Å². The van der Waals surface area contributed by atoms with Crippen LogP contribution in [0.25, 0.3) is 0 Å². The molecule has 1 unspecified atom stereocenters. The molecule has 3 nitrogen and oxygen atoms in total. The van der Waals surface area contributed by atoms with E-state index in [2.05, 4.69) is 18.2 Å². The van der Waals surface area contributed by atoms with Crippen molar-refractivity contribution >= 4 is 17.7 Å². The summed E-state index contributed by atoms with van der Waals surface area (Å²) in [7, 11) is 0. The number of aryl methyl sites for hydroxylation is 1. The summed E-state index contributed by atoms with van der Waals surface area (Å²) in [6, 6.07) is 8.40. The van der Waals surface area contributed by atoms with Gasteiger partial charge in [-0.3, -0.25) is 4.79 Å². The molecule has 0 aliphatic carbocycles. The Hall–Kier alpha value is -1.00. The summed E-state index contributed by atoms with van der Waals surface area (Å²) in [5, 5.41) is 0.00868. The number of fused-ring (bicyclic) bond motifs is 1. The molecule has 1 aromatic rings. The Morgan fingerprint density at radius 2 is 2.05 bits per heavy atom. The molecule has 4 heteroatoms. The topological polar surface area (TPSA) is 46.3 Å². The highest BCUT2D eigenvalue weighted by Gasteiger charge is 2.32. The van der Waals surface area contributed by atoms with Crippen molar-refractivity contribution in [3.8, 4) is 0 Å². The summed E-state index contributed by atoms with van der Waals surface area (Å²) in [6.07, 6.45) is 3.20. The summed E-state index contributed by atoms with van der Waals surface area (Å²) >= 11 is 1.80. The minimum atomic E-state index is 0.00868. The van der Waals surface area contributed by atoms with Crippen LogP contribution in [0, 0.1) is 5.92 Å². The number of hydrogen-bond acceptors (Lipinski definition) is 3. The zero-order valence-electron chi connectivity index (χ0n) is 11.8. The highest BCUT2D eigenvalue weighted by molar-refractivity contribution is 8.00. The third-order valence-electron chi connectivity index (χ3n) is 4.48. The number of amides is 1. The number of nitrogens with zero attached hydrogens (tertiary/aromatic N) is 1. The predicted octanol–water partition coefficient (Wildman–Crippen LogP) is 2.21. The largest absolute Gasteiger partial charge is 0.341 e. The molecule has 1 amide bonds. The maximum atomic E-state index is 12.8. The first-order valence-electron chi connectivity index (χ1n) is 7.48. The van der Waals surface area contributed by atoms with Gasteiger partial charge in [-0.15, -0.1) is 11.8 Å². The summed E-state index contributed by atoms with van der Waals surface area (Å²) in [6.45, 7) is 2.50. The quantitative estimate of drug-likeness (QED) is 0.908. The fourth-order valence-corrected chi connectivity index (χ4v) is 4.43. The number of carbonyl (C=O) groups is 1. The molecule has 1 atom stereocenters. The predicted molar refractivity (Wildman–Crippen MR) is 83.7 cm³/mol. The minimum Gasteiger partial charge on any atom is -0.341 e. The van der Waals surface area contributed by atoms with Crippen molar-refractivity contribution in [2.75, 3.05) is 25.4 Å². The normalized spacial score (nSPS) is 23.4. The van der Waals surface area contributed by atoms with Crippen molar-refractivity contribution in [3.63, 3.8) is 0 Å². The Labute approximate surface area is 124 Å². The van der Waals surface area contributed by atoms with Crippen LogP contribution in [0.1, 0.15) is 29.2 Å². The average Bonchev–Trinajstić information content (AvgIpc) is 2.54. The summed E-state index contributed by atoms with van der Waals surface area (Å²) < 4.78 is 0. The maximum absolute atomic E-state index is 12.8. The van der Waals surface area contributed by atoms with E-state index in [0.717, 1.165) is 44.6 Å². The zero-order chi connectivity index (χ0) is 13.9. The Morgan fingerprint density at radius 3 is 2.80 bits per heavy atom. The number of piperidine rings is 1. The maximum Gasteiger partial charge on any atom is 0.240 e. The van der Waals surface area contributed by atoms with Crippen LogP contribution in [0.5, 0.6) is 0 Å². The van der Waals surface area contributed by atoms with Gasteiger partial charge in [-0.25, -0.2) is 0 Å². The van der Waals surface area contributed by atoms with E-state index >= 15 is 0 Å². The number of carbonyl (C=O) groups excluding carboxylic acids is 1. The number of nitrogens with two attached hydrogens (primary N) is 1. The molecule has 1 fully saturated rings. The fourth-order valence-electron chi connectivity index (χ4n) is 3.15. The van der Waals surface area contributed by atoms with Crippen molar-refractivity contribution in [1.29, 1.82) is 0 Å². The van der Waals surface area contributed by atoms with Gasteiger partial charge in [-0.1, -0.05) is 24.3 Å². The fraction of sp³-hybridized carbons (Fsp3) is 0.562. The Kier molecular flexibility index (Phi) is 4.32. The third kappa shape index (κ3) is 2.72. The van der Waals surface area contributed by atoms with Crippen molar-refractivity contribution in [3.05, 3.63) is 35.4 Å². The molecule has 2 aliphatic rings. The van der Waals surface area contributed by atoms with E-state index in [4.69, 9.17) is 5.73 Å². The molecule has 0 saturated carbocycles. The van der Waals surface area contributed by atoms with Crippen LogP contribution in [0.3, 0.4) is 0 Å². The van der Waals surface area contributed by atoms with E-state index in [1.54, 1.807) is 11.8 Å². The van der Waals surface area contributed by atoms with Crippen molar-refractivity contribution < 1.29 is 4.79 Å². The van der Waals surface area contributed by atoms with E-state index in [9.17, 15) is 4.79 Å². The molecule has 2 N–H and O–H groups in total. The highest BCUT2D eigenvalue weighted by Crippen LogP contribution is 2.38. The van der Waals surface area contributed by atoms with E-state index < -0.39 is 0 Å². The lowest BCUT2D eigenvalue weighted by atomic mass is 9.95. The lowest BCUT2D eigenvalue weighted by Crippen LogP contribution is -2.42. The van der Waals surface area contributed by atoms with Crippen LogP contribution in [0.2, 0.25) is 0 Å². The molecule has 0 spiro atoms. The van der Waals surface area contributed by atoms with Gasteiger partial charge in [-0.2, -0.15) is 0 Å². The molecule has 0 radical (unpaired) electrons. The molecule has 1 aromatic carbocycles. The number of hydrogen-bond donors (Lipinski definition) is 1. The first kappa shape index (κ1) is 14.0. The lowest BCUT2D eigenvalue weighted by molar-refractivity contribution is -0.132. The van der Waals surface area contributed by atoms with Crippen LogP contribution in [-0.4, -0.2) is 36.2 Å².